The molecular formula is C23H23ClN6O4S. The Balaban J connectivity index is 1.69. The monoisotopic (exact) mass is 514 g/mol. The summed E-state index contributed by atoms with van der Waals surface area (Å²) in [7, 11) is 0. The maximum atomic E-state index is 12.7. The molecule has 0 aliphatic rings. The lowest BCUT2D eigenvalue weighted by atomic mass is 10.1. The number of nitro groups is 1. The molecule has 1 atom stereocenters. The number of allylic oxidation sites excluding steroid dienone is 1. The minimum Gasteiger partial charge on any atom is -0.342 e. The Morgan fingerprint density at radius 2 is 2.03 bits per heavy atom. The van der Waals surface area contributed by atoms with E-state index in [1.165, 1.54) is 18.2 Å². The molecule has 12 heteroatoms. The quantitative estimate of drug-likeness (QED) is 0.175. The number of anilines is 1. The first-order valence-electron chi connectivity index (χ1n) is 10.5. The maximum absolute atomic E-state index is 12.7. The van der Waals surface area contributed by atoms with Crippen molar-refractivity contribution in [3.05, 3.63) is 87.2 Å². The van der Waals surface area contributed by atoms with Gasteiger partial charge in [-0.3, -0.25) is 19.7 Å². The van der Waals surface area contributed by atoms with Crippen LogP contribution in [0.4, 0.5) is 11.4 Å². The van der Waals surface area contributed by atoms with Crippen molar-refractivity contribution in [3.63, 3.8) is 0 Å². The van der Waals surface area contributed by atoms with Gasteiger partial charge in [-0.25, -0.2) is 0 Å². The molecule has 1 heterocycles. The molecule has 182 valence electrons. The first kappa shape index (κ1) is 25.9. The van der Waals surface area contributed by atoms with Crippen molar-refractivity contribution in [2.45, 2.75) is 31.6 Å². The van der Waals surface area contributed by atoms with E-state index in [9.17, 15) is 19.7 Å². The summed E-state index contributed by atoms with van der Waals surface area (Å²) in [5, 5.41) is 25.5. The second-order valence-corrected chi connectivity index (χ2v) is 8.86. The number of hydrogen-bond donors (Lipinski definition) is 2. The van der Waals surface area contributed by atoms with Crippen LogP contribution in [0.15, 0.2) is 60.3 Å². The first-order valence-corrected chi connectivity index (χ1v) is 11.8. The standard InChI is InChI=1S/C23H23ClN6O4S/c1-4-11-29-21(15(3)25-22(32)17-8-6-5-7-14(17)2)27-28-23(29)35-13-20(31)26-19-12-16(30(33)34)9-10-18(19)24/h4-10,12,15H,1,11,13H2,2-3H3,(H,25,32)(H,26,31)/t15-/m0/s1. The molecule has 0 fully saturated rings. The number of nitrogens with one attached hydrogen (secondary N) is 2. The molecule has 0 unspecified atom stereocenters. The van der Waals surface area contributed by atoms with Crippen LogP contribution < -0.4 is 10.6 Å². The topological polar surface area (TPSA) is 132 Å². The van der Waals surface area contributed by atoms with Gasteiger partial charge in [0.05, 0.1) is 27.4 Å². The molecule has 35 heavy (non-hydrogen) atoms. The number of aromatic nitrogens is 3. The number of thioether (sulfide) groups is 1. The predicted molar refractivity (Wildman–Crippen MR) is 135 cm³/mol. The molecule has 0 saturated heterocycles. The summed E-state index contributed by atoms with van der Waals surface area (Å²) in [5.74, 6) is -0.186. The third-order valence-electron chi connectivity index (χ3n) is 4.95. The second-order valence-electron chi connectivity index (χ2n) is 7.51. The van der Waals surface area contributed by atoms with Gasteiger partial charge in [-0.1, -0.05) is 47.6 Å². The highest BCUT2D eigenvalue weighted by Crippen LogP contribution is 2.27. The van der Waals surface area contributed by atoms with Crippen LogP contribution >= 0.6 is 23.4 Å². The largest absolute Gasteiger partial charge is 0.342 e. The first-order chi connectivity index (χ1) is 16.7. The molecule has 3 aromatic rings. The number of aryl methyl sites for hydroxylation is 1. The molecule has 10 nitrogen and oxygen atoms in total. The van der Waals surface area contributed by atoms with E-state index >= 15 is 0 Å². The van der Waals surface area contributed by atoms with Crippen LogP contribution in [0.3, 0.4) is 0 Å². The fraction of sp³-hybridized carbons (Fsp3) is 0.217. The Kier molecular flexibility index (Phi) is 8.61. The summed E-state index contributed by atoms with van der Waals surface area (Å²) in [6.45, 7) is 7.79. The van der Waals surface area contributed by atoms with Crippen LogP contribution in [-0.2, 0) is 11.3 Å². The zero-order valence-corrected chi connectivity index (χ0v) is 20.6. The third kappa shape index (κ3) is 6.46. The molecule has 0 saturated carbocycles. The van der Waals surface area contributed by atoms with Gasteiger partial charge in [0.2, 0.25) is 5.91 Å². The fourth-order valence-corrected chi connectivity index (χ4v) is 4.15. The van der Waals surface area contributed by atoms with Crippen molar-refractivity contribution in [2.75, 3.05) is 11.1 Å². The van der Waals surface area contributed by atoms with Gasteiger partial charge < -0.3 is 15.2 Å². The minimum atomic E-state index is -0.570. The fourth-order valence-electron chi connectivity index (χ4n) is 3.23. The molecule has 2 N–H and O–H groups in total. The van der Waals surface area contributed by atoms with Gasteiger partial charge in [0.25, 0.3) is 11.6 Å². The van der Waals surface area contributed by atoms with E-state index in [1.54, 1.807) is 29.7 Å². The van der Waals surface area contributed by atoms with Crippen molar-refractivity contribution in [1.29, 1.82) is 0 Å². The SMILES string of the molecule is C=CCn1c(SCC(=O)Nc2cc([N+](=O)[O-])ccc2Cl)nnc1[C@H](C)NC(=O)c1ccccc1C. The van der Waals surface area contributed by atoms with Gasteiger partial charge >= 0.3 is 0 Å². The van der Waals surface area contributed by atoms with Gasteiger partial charge in [-0.05, 0) is 31.5 Å². The number of halogens is 1. The van der Waals surface area contributed by atoms with Crippen molar-refractivity contribution in [3.8, 4) is 0 Å². The average molecular weight is 515 g/mol. The normalized spacial score (nSPS) is 11.5. The number of carbonyl (C=O) groups excluding carboxylic acids is 2. The van der Waals surface area contributed by atoms with E-state index in [1.807, 2.05) is 19.1 Å². The van der Waals surface area contributed by atoms with Crippen molar-refractivity contribution < 1.29 is 14.5 Å². The number of non-ortho nitro benzene ring substituents is 1. The molecule has 2 aromatic carbocycles. The van der Waals surface area contributed by atoms with Gasteiger partial charge in [-0.2, -0.15) is 0 Å². The zero-order valence-electron chi connectivity index (χ0n) is 19.0. The lowest BCUT2D eigenvalue weighted by Crippen LogP contribution is -2.29. The van der Waals surface area contributed by atoms with E-state index in [-0.39, 0.29) is 28.1 Å². The van der Waals surface area contributed by atoms with E-state index in [4.69, 9.17) is 11.6 Å². The Bertz CT molecular complexity index is 1280. The van der Waals surface area contributed by atoms with Crippen LogP contribution in [-0.4, -0.2) is 37.3 Å². The number of carbonyl (C=O) groups is 2. The highest BCUT2D eigenvalue weighted by Gasteiger charge is 2.21. The Labute approximate surface area is 210 Å². The van der Waals surface area contributed by atoms with Crippen molar-refractivity contribution in [1.82, 2.24) is 20.1 Å². The molecule has 0 aliphatic heterocycles. The van der Waals surface area contributed by atoms with E-state index in [2.05, 4.69) is 27.4 Å². The molecule has 3 rings (SSSR count). The summed E-state index contributed by atoms with van der Waals surface area (Å²) < 4.78 is 1.76. The minimum absolute atomic E-state index is 0.0434. The molecule has 0 bridgehead atoms. The highest BCUT2D eigenvalue weighted by atomic mass is 35.5. The Morgan fingerprint density at radius 1 is 1.29 bits per heavy atom. The van der Waals surface area contributed by atoms with Crippen LogP contribution in [0.2, 0.25) is 5.02 Å². The summed E-state index contributed by atoms with van der Waals surface area (Å²) in [5.41, 5.74) is 1.39. The lowest BCUT2D eigenvalue weighted by molar-refractivity contribution is -0.384. The Hall–Kier alpha value is -3.70. The summed E-state index contributed by atoms with van der Waals surface area (Å²) in [6.07, 6.45) is 1.66. The van der Waals surface area contributed by atoms with Crippen LogP contribution in [0.5, 0.6) is 0 Å². The maximum Gasteiger partial charge on any atom is 0.271 e. The predicted octanol–water partition coefficient (Wildman–Crippen LogP) is 4.56. The van der Waals surface area contributed by atoms with E-state index < -0.39 is 16.9 Å². The molecule has 1 aromatic heterocycles. The van der Waals surface area contributed by atoms with E-state index in [0.29, 0.717) is 23.1 Å². The smallest absolute Gasteiger partial charge is 0.271 e. The van der Waals surface area contributed by atoms with E-state index in [0.717, 1.165) is 17.3 Å². The number of benzene rings is 2. The third-order valence-corrected chi connectivity index (χ3v) is 6.25. The second kappa shape index (κ2) is 11.6. The lowest BCUT2D eigenvalue weighted by Gasteiger charge is -2.16. The summed E-state index contributed by atoms with van der Waals surface area (Å²) in [4.78, 5) is 35.6. The Morgan fingerprint density at radius 3 is 2.71 bits per heavy atom. The van der Waals surface area contributed by atoms with Gasteiger partial charge in [0.1, 0.15) is 0 Å². The number of rotatable bonds is 10. The highest BCUT2D eigenvalue weighted by molar-refractivity contribution is 7.99. The van der Waals surface area contributed by atoms with Crippen LogP contribution in [0.25, 0.3) is 0 Å². The number of hydrogen-bond acceptors (Lipinski definition) is 7. The molecular weight excluding hydrogens is 492 g/mol. The van der Waals surface area contributed by atoms with Gasteiger partial charge in [0, 0.05) is 24.2 Å². The average Bonchev–Trinajstić information content (AvgIpc) is 3.22. The number of amides is 2. The molecule has 0 radical (unpaired) electrons. The summed E-state index contributed by atoms with van der Waals surface area (Å²) >= 11 is 7.17. The number of nitrogens with zero attached hydrogens (tertiary/aromatic N) is 4. The van der Waals surface area contributed by atoms with Gasteiger partial charge in [-0.15, -0.1) is 16.8 Å². The molecule has 2 amide bonds. The van der Waals surface area contributed by atoms with Crippen LogP contribution in [0, 0.1) is 17.0 Å². The van der Waals surface area contributed by atoms with Crippen LogP contribution in [0.1, 0.15) is 34.7 Å². The summed E-state index contributed by atoms with van der Waals surface area (Å²) in [6, 6.07) is 10.6. The molecule has 0 spiro atoms. The number of nitro benzene ring substituents is 1. The van der Waals surface area contributed by atoms with Crippen molar-refractivity contribution in [2.24, 2.45) is 0 Å². The van der Waals surface area contributed by atoms with Gasteiger partial charge in [0.15, 0.2) is 11.0 Å². The van der Waals surface area contributed by atoms with Crippen molar-refractivity contribution >= 4 is 46.6 Å². The molecule has 0 aliphatic carbocycles. The zero-order chi connectivity index (χ0) is 25.5.